The number of morpholine rings is 1. The van der Waals surface area contributed by atoms with Gasteiger partial charge in [0.05, 0.1) is 19.8 Å². The molecule has 1 aromatic rings. The van der Waals surface area contributed by atoms with E-state index in [2.05, 4.69) is 10.6 Å². The van der Waals surface area contributed by atoms with Gasteiger partial charge in [0.2, 0.25) is 5.91 Å². The van der Waals surface area contributed by atoms with Gasteiger partial charge in [0.15, 0.2) is 11.6 Å². The number of nitrogens with one attached hydrogen (secondary N) is 2. The Balaban J connectivity index is 0.00000200. The fourth-order valence-electron chi connectivity index (χ4n) is 1.81. The topological polar surface area (TPSA) is 59.6 Å². The lowest BCUT2D eigenvalue weighted by molar-refractivity contribution is -0.120. The highest BCUT2D eigenvalue weighted by Crippen LogP contribution is 2.21. The van der Waals surface area contributed by atoms with Crippen LogP contribution in [-0.4, -0.2) is 38.3 Å². The predicted molar refractivity (Wildman–Crippen MR) is 76.1 cm³/mol. The SMILES string of the molecule is CCOc1ccc(NC(=O)C2COCCN2)cc1F.Cl. The Hall–Kier alpha value is -1.37. The number of carbonyl (C=O) groups excluding carboxylic acids is 1. The highest BCUT2D eigenvalue weighted by atomic mass is 35.5. The van der Waals surface area contributed by atoms with Crippen LogP contribution in [0.3, 0.4) is 0 Å². The first-order chi connectivity index (χ1) is 9.20. The smallest absolute Gasteiger partial charge is 0.243 e. The normalized spacial score (nSPS) is 18.0. The summed E-state index contributed by atoms with van der Waals surface area (Å²) < 4.78 is 23.9. The molecule has 1 unspecified atom stereocenters. The molecule has 0 aromatic heterocycles. The van der Waals surface area contributed by atoms with Crippen molar-refractivity contribution in [2.75, 3.05) is 31.7 Å². The molecule has 20 heavy (non-hydrogen) atoms. The summed E-state index contributed by atoms with van der Waals surface area (Å²) in [4.78, 5) is 11.9. The minimum Gasteiger partial charge on any atom is -0.491 e. The van der Waals surface area contributed by atoms with Crippen LogP contribution >= 0.6 is 12.4 Å². The average molecular weight is 305 g/mol. The molecule has 1 amide bonds. The quantitative estimate of drug-likeness (QED) is 0.886. The summed E-state index contributed by atoms with van der Waals surface area (Å²) in [5.41, 5.74) is 0.401. The molecular weight excluding hydrogens is 287 g/mol. The summed E-state index contributed by atoms with van der Waals surface area (Å²) in [6.07, 6.45) is 0. The van der Waals surface area contributed by atoms with Crippen molar-refractivity contribution in [3.8, 4) is 5.75 Å². The molecule has 1 heterocycles. The van der Waals surface area contributed by atoms with Crippen molar-refractivity contribution >= 4 is 24.0 Å². The van der Waals surface area contributed by atoms with Gasteiger partial charge in [0, 0.05) is 18.3 Å². The predicted octanol–water partition coefficient (Wildman–Crippen LogP) is 1.57. The summed E-state index contributed by atoms with van der Waals surface area (Å²) >= 11 is 0. The number of halogens is 2. The molecule has 2 rings (SSSR count). The largest absolute Gasteiger partial charge is 0.491 e. The Morgan fingerprint density at radius 1 is 1.60 bits per heavy atom. The summed E-state index contributed by atoms with van der Waals surface area (Å²) in [6, 6.07) is 3.95. The number of carbonyl (C=O) groups is 1. The van der Waals surface area contributed by atoms with Crippen LogP contribution in [0.15, 0.2) is 18.2 Å². The van der Waals surface area contributed by atoms with Crippen LogP contribution in [0, 0.1) is 5.82 Å². The molecule has 0 aliphatic carbocycles. The summed E-state index contributed by atoms with van der Waals surface area (Å²) in [5.74, 6) is -0.546. The lowest BCUT2D eigenvalue weighted by Crippen LogP contribution is -2.48. The molecule has 1 aliphatic rings. The number of ether oxygens (including phenoxy) is 2. The van der Waals surface area contributed by atoms with E-state index in [0.29, 0.717) is 32.1 Å². The average Bonchev–Trinajstić information content (AvgIpc) is 2.43. The van der Waals surface area contributed by atoms with Gasteiger partial charge in [-0.25, -0.2) is 4.39 Å². The maximum atomic E-state index is 13.6. The molecule has 112 valence electrons. The summed E-state index contributed by atoms with van der Waals surface area (Å²) in [7, 11) is 0. The molecule has 0 saturated carbocycles. The zero-order valence-corrected chi connectivity index (χ0v) is 12.0. The van der Waals surface area contributed by atoms with Crippen LogP contribution in [0.25, 0.3) is 0 Å². The van der Waals surface area contributed by atoms with Crippen molar-refractivity contribution in [1.29, 1.82) is 0 Å². The first kappa shape index (κ1) is 16.7. The van der Waals surface area contributed by atoms with Crippen molar-refractivity contribution in [3.63, 3.8) is 0 Å². The minimum atomic E-state index is -0.493. The molecule has 0 bridgehead atoms. The van der Waals surface area contributed by atoms with E-state index in [9.17, 15) is 9.18 Å². The molecule has 1 aliphatic heterocycles. The first-order valence-electron chi connectivity index (χ1n) is 6.25. The van der Waals surface area contributed by atoms with Crippen LogP contribution in [0.4, 0.5) is 10.1 Å². The zero-order valence-electron chi connectivity index (χ0n) is 11.1. The van der Waals surface area contributed by atoms with E-state index >= 15 is 0 Å². The van der Waals surface area contributed by atoms with Gasteiger partial charge >= 0.3 is 0 Å². The van der Waals surface area contributed by atoms with Crippen LogP contribution in [0.2, 0.25) is 0 Å². The lowest BCUT2D eigenvalue weighted by Gasteiger charge is -2.22. The molecule has 1 atom stereocenters. The number of hydrogen-bond acceptors (Lipinski definition) is 4. The number of hydrogen-bond donors (Lipinski definition) is 2. The molecule has 7 heteroatoms. The Kier molecular flexibility index (Phi) is 6.70. The van der Waals surface area contributed by atoms with Gasteiger partial charge in [0.25, 0.3) is 0 Å². The first-order valence-corrected chi connectivity index (χ1v) is 6.25. The Labute approximate surface area is 123 Å². The molecule has 0 spiro atoms. The van der Waals surface area contributed by atoms with Crippen LogP contribution in [0.1, 0.15) is 6.92 Å². The molecule has 1 fully saturated rings. The van der Waals surface area contributed by atoms with E-state index in [1.807, 2.05) is 0 Å². The molecule has 5 nitrogen and oxygen atoms in total. The number of amides is 1. The van der Waals surface area contributed by atoms with Crippen molar-refractivity contribution < 1.29 is 18.7 Å². The maximum absolute atomic E-state index is 13.6. The zero-order chi connectivity index (χ0) is 13.7. The van der Waals surface area contributed by atoms with E-state index in [1.54, 1.807) is 13.0 Å². The van der Waals surface area contributed by atoms with E-state index in [1.165, 1.54) is 12.1 Å². The standard InChI is InChI=1S/C13H17FN2O3.ClH/c1-2-19-12-4-3-9(7-10(12)14)16-13(17)11-8-18-6-5-15-11;/h3-4,7,11,15H,2,5-6,8H2,1H3,(H,16,17);1H. The fourth-order valence-corrected chi connectivity index (χ4v) is 1.81. The minimum absolute atomic E-state index is 0. The van der Waals surface area contributed by atoms with E-state index in [-0.39, 0.29) is 24.1 Å². The summed E-state index contributed by atoms with van der Waals surface area (Å²) in [5, 5.41) is 5.67. The lowest BCUT2D eigenvalue weighted by atomic mass is 10.2. The second kappa shape index (κ2) is 8.04. The summed E-state index contributed by atoms with van der Waals surface area (Å²) in [6.45, 7) is 3.73. The van der Waals surface area contributed by atoms with Crippen molar-refractivity contribution in [1.82, 2.24) is 5.32 Å². The van der Waals surface area contributed by atoms with Crippen LogP contribution in [0.5, 0.6) is 5.75 Å². The molecular formula is C13H18ClFN2O3. The number of rotatable bonds is 4. The Bertz CT molecular complexity index is 453. The second-order valence-electron chi connectivity index (χ2n) is 4.15. The van der Waals surface area contributed by atoms with E-state index in [0.717, 1.165) is 0 Å². The highest BCUT2D eigenvalue weighted by Gasteiger charge is 2.21. The van der Waals surface area contributed by atoms with Gasteiger partial charge in [-0.1, -0.05) is 0 Å². The van der Waals surface area contributed by atoms with E-state index < -0.39 is 11.9 Å². The number of anilines is 1. The Morgan fingerprint density at radius 2 is 2.40 bits per heavy atom. The maximum Gasteiger partial charge on any atom is 0.243 e. The fraction of sp³-hybridized carbons (Fsp3) is 0.462. The Morgan fingerprint density at radius 3 is 3.00 bits per heavy atom. The van der Waals surface area contributed by atoms with Gasteiger partial charge in [0.1, 0.15) is 6.04 Å². The molecule has 0 radical (unpaired) electrons. The second-order valence-corrected chi connectivity index (χ2v) is 4.15. The highest BCUT2D eigenvalue weighted by molar-refractivity contribution is 5.95. The van der Waals surface area contributed by atoms with Crippen molar-refractivity contribution in [2.24, 2.45) is 0 Å². The van der Waals surface area contributed by atoms with Gasteiger partial charge in [-0.3, -0.25) is 4.79 Å². The van der Waals surface area contributed by atoms with Gasteiger partial charge in [-0.15, -0.1) is 12.4 Å². The third-order valence-corrected chi connectivity index (χ3v) is 2.74. The van der Waals surface area contributed by atoms with Crippen LogP contribution in [-0.2, 0) is 9.53 Å². The van der Waals surface area contributed by atoms with Crippen molar-refractivity contribution in [2.45, 2.75) is 13.0 Å². The third kappa shape index (κ3) is 4.33. The van der Waals surface area contributed by atoms with Gasteiger partial charge < -0.3 is 20.1 Å². The molecule has 2 N–H and O–H groups in total. The third-order valence-electron chi connectivity index (χ3n) is 2.74. The molecule has 1 saturated heterocycles. The monoisotopic (exact) mass is 304 g/mol. The van der Waals surface area contributed by atoms with E-state index in [4.69, 9.17) is 9.47 Å². The molecule has 1 aromatic carbocycles. The number of benzene rings is 1. The van der Waals surface area contributed by atoms with Crippen molar-refractivity contribution in [3.05, 3.63) is 24.0 Å². The van der Waals surface area contributed by atoms with Crippen LogP contribution < -0.4 is 15.4 Å². The van der Waals surface area contributed by atoms with Gasteiger partial charge in [-0.05, 0) is 19.1 Å². The van der Waals surface area contributed by atoms with Gasteiger partial charge in [-0.2, -0.15) is 0 Å².